The summed E-state index contributed by atoms with van der Waals surface area (Å²) in [5.74, 6) is -0.780. The summed E-state index contributed by atoms with van der Waals surface area (Å²) in [5, 5.41) is 5.28. The molecule has 1 aliphatic rings. The van der Waals surface area contributed by atoms with Crippen molar-refractivity contribution >= 4 is 29.3 Å². The highest BCUT2D eigenvalue weighted by Crippen LogP contribution is 2.32. The molecule has 2 N–H and O–H groups in total. The van der Waals surface area contributed by atoms with Crippen LogP contribution in [-0.4, -0.2) is 30.2 Å². The van der Waals surface area contributed by atoms with Gasteiger partial charge in [0.2, 0.25) is 0 Å². The molecule has 0 saturated heterocycles. The molecule has 162 valence electrons. The van der Waals surface area contributed by atoms with Gasteiger partial charge in [-0.2, -0.15) is 0 Å². The lowest BCUT2D eigenvalue weighted by Crippen LogP contribution is -2.47. The first-order valence-corrected chi connectivity index (χ1v) is 10.1. The first kappa shape index (κ1) is 22.1. The summed E-state index contributed by atoms with van der Waals surface area (Å²) in [6.07, 6.45) is -2.78. The van der Waals surface area contributed by atoms with Gasteiger partial charge >= 0.3 is 12.2 Å². The Hall–Kier alpha value is -3.61. The van der Waals surface area contributed by atoms with E-state index in [1.807, 2.05) is 26.0 Å². The molecule has 0 spiro atoms. The minimum Gasteiger partial charge on any atom is -0.445 e. The largest absolute Gasteiger partial charge is 0.445 e. The number of carbonyl (C=O) groups excluding carboxylic acids is 3. The maximum absolute atomic E-state index is 13.0. The van der Waals surface area contributed by atoms with Gasteiger partial charge in [0.05, 0.1) is 0 Å². The van der Waals surface area contributed by atoms with Crippen molar-refractivity contribution in [1.82, 2.24) is 0 Å². The smallest absolute Gasteiger partial charge is 0.412 e. The Labute approximate surface area is 181 Å². The number of nitrogens with one attached hydrogen (secondary N) is 2. The normalized spacial score (nSPS) is 20.5. The van der Waals surface area contributed by atoms with E-state index in [-0.39, 0.29) is 12.2 Å². The lowest BCUT2D eigenvalue weighted by atomic mass is 9.79. The first-order valence-electron chi connectivity index (χ1n) is 10.1. The minimum absolute atomic E-state index is 0.265. The molecule has 1 fully saturated rings. The quantitative estimate of drug-likeness (QED) is 0.663. The summed E-state index contributed by atoms with van der Waals surface area (Å²) >= 11 is 0. The number of allylic oxidation sites excluding steroid dienone is 1. The fraction of sp³-hybridized carbons (Fsp3) is 0.292. The maximum atomic E-state index is 13.0. The van der Waals surface area contributed by atoms with E-state index in [4.69, 9.17) is 9.47 Å². The molecule has 0 radical (unpaired) electrons. The highest BCUT2D eigenvalue weighted by molar-refractivity contribution is 6.02. The molecule has 7 nitrogen and oxygen atoms in total. The number of ether oxygens (including phenoxy) is 2. The van der Waals surface area contributed by atoms with E-state index in [2.05, 4.69) is 10.6 Å². The van der Waals surface area contributed by atoms with Gasteiger partial charge in [0, 0.05) is 29.3 Å². The third-order valence-corrected chi connectivity index (χ3v) is 5.16. The van der Waals surface area contributed by atoms with Crippen LogP contribution in [0.15, 0.2) is 71.8 Å². The van der Waals surface area contributed by atoms with Crippen LogP contribution in [0.3, 0.4) is 0 Å². The zero-order valence-corrected chi connectivity index (χ0v) is 17.8. The second-order valence-electron chi connectivity index (χ2n) is 7.66. The van der Waals surface area contributed by atoms with Crippen LogP contribution in [0.2, 0.25) is 0 Å². The Morgan fingerprint density at radius 3 is 1.81 bits per heavy atom. The summed E-state index contributed by atoms with van der Waals surface area (Å²) < 4.78 is 11.1. The number of Topliss-reactive ketones (excluding diaryl/α,β-unsaturated/α-hetero) is 1. The number of hydrogen-bond acceptors (Lipinski definition) is 5. The van der Waals surface area contributed by atoms with Crippen LogP contribution in [0.5, 0.6) is 0 Å². The molecular formula is C24H26N2O5. The lowest BCUT2D eigenvalue weighted by molar-refractivity contribution is -0.131. The van der Waals surface area contributed by atoms with Crippen LogP contribution < -0.4 is 10.6 Å². The van der Waals surface area contributed by atoms with Gasteiger partial charge in [-0.05, 0) is 38.1 Å². The monoisotopic (exact) mass is 422 g/mol. The van der Waals surface area contributed by atoms with Crippen LogP contribution in [-0.2, 0) is 14.3 Å². The standard InChI is InChI=1S/C24H26N2O5/c1-15(2)19-14-20(30-23(28)25-17-10-6-4-7-11-17)16(3)22(21(19)27)31-24(29)26-18-12-8-5-9-13-18/h4-13,16,20,22H,14H2,1-3H3,(H,25,28)(H,26,29)/t16-,20-,22+/m0/s1. The fourth-order valence-electron chi connectivity index (χ4n) is 3.44. The van der Waals surface area contributed by atoms with Gasteiger partial charge in [-0.3, -0.25) is 15.4 Å². The molecule has 2 amide bonds. The van der Waals surface area contributed by atoms with E-state index in [1.165, 1.54) is 0 Å². The van der Waals surface area contributed by atoms with Gasteiger partial charge in [0.1, 0.15) is 6.10 Å². The second kappa shape index (κ2) is 9.93. The van der Waals surface area contributed by atoms with Gasteiger partial charge in [-0.1, -0.05) is 48.9 Å². The Morgan fingerprint density at radius 2 is 1.32 bits per heavy atom. The highest BCUT2D eigenvalue weighted by Gasteiger charge is 2.43. The van der Waals surface area contributed by atoms with Crippen LogP contribution >= 0.6 is 0 Å². The zero-order valence-electron chi connectivity index (χ0n) is 17.8. The number of carbonyl (C=O) groups is 3. The Bertz CT molecular complexity index is 968. The van der Waals surface area contributed by atoms with Gasteiger partial charge in [-0.25, -0.2) is 9.59 Å². The van der Waals surface area contributed by atoms with Crippen LogP contribution in [0, 0.1) is 5.92 Å². The van der Waals surface area contributed by atoms with E-state index >= 15 is 0 Å². The van der Waals surface area contributed by atoms with Crippen molar-refractivity contribution in [1.29, 1.82) is 0 Å². The molecule has 2 aromatic rings. The maximum Gasteiger partial charge on any atom is 0.412 e. The number of anilines is 2. The second-order valence-corrected chi connectivity index (χ2v) is 7.66. The van der Waals surface area contributed by atoms with Crippen molar-refractivity contribution in [2.75, 3.05) is 10.6 Å². The summed E-state index contributed by atoms with van der Waals surface area (Å²) in [6, 6.07) is 17.8. The van der Waals surface area contributed by atoms with Crippen molar-refractivity contribution in [2.24, 2.45) is 5.92 Å². The zero-order chi connectivity index (χ0) is 22.4. The molecule has 7 heteroatoms. The molecule has 31 heavy (non-hydrogen) atoms. The Balaban J connectivity index is 1.72. The van der Waals surface area contributed by atoms with Crippen molar-refractivity contribution in [3.05, 3.63) is 71.8 Å². The van der Waals surface area contributed by atoms with Crippen molar-refractivity contribution in [3.8, 4) is 0 Å². The predicted molar refractivity (Wildman–Crippen MR) is 118 cm³/mol. The summed E-state index contributed by atoms with van der Waals surface area (Å²) in [6.45, 7) is 5.36. The highest BCUT2D eigenvalue weighted by atomic mass is 16.6. The topological polar surface area (TPSA) is 93.7 Å². The van der Waals surface area contributed by atoms with Gasteiger partial charge in [0.25, 0.3) is 0 Å². The molecule has 0 aromatic heterocycles. The van der Waals surface area contributed by atoms with Crippen molar-refractivity contribution < 1.29 is 23.9 Å². The average Bonchev–Trinajstić information content (AvgIpc) is 2.74. The average molecular weight is 422 g/mol. The predicted octanol–water partition coefficient (Wildman–Crippen LogP) is 5.17. The third kappa shape index (κ3) is 5.72. The molecule has 3 atom stereocenters. The van der Waals surface area contributed by atoms with Gasteiger partial charge in [-0.15, -0.1) is 0 Å². The molecule has 0 aliphatic heterocycles. The van der Waals surface area contributed by atoms with Crippen molar-refractivity contribution in [2.45, 2.75) is 39.4 Å². The summed E-state index contributed by atoms with van der Waals surface area (Å²) in [4.78, 5) is 37.8. The van der Waals surface area contributed by atoms with E-state index in [0.717, 1.165) is 5.57 Å². The summed E-state index contributed by atoms with van der Waals surface area (Å²) in [5.41, 5.74) is 2.46. The van der Waals surface area contributed by atoms with Crippen LogP contribution in [0.1, 0.15) is 27.2 Å². The molecule has 3 rings (SSSR count). The van der Waals surface area contributed by atoms with Gasteiger partial charge in [0.15, 0.2) is 11.9 Å². The molecule has 1 saturated carbocycles. The molecular weight excluding hydrogens is 396 g/mol. The van der Waals surface area contributed by atoms with E-state index < -0.39 is 30.3 Å². The van der Waals surface area contributed by atoms with Crippen molar-refractivity contribution in [3.63, 3.8) is 0 Å². The number of hydrogen-bond donors (Lipinski definition) is 2. The number of benzene rings is 2. The number of amides is 2. The minimum atomic E-state index is -1.06. The van der Waals surface area contributed by atoms with Crippen LogP contribution in [0.4, 0.5) is 21.0 Å². The Kier molecular flexibility index (Phi) is 7.07. The molecule has 0 heterocycles. The van der Waals surface area contributed by atoms with E-state index in [0.29, 0.717) is 16.9 Å². The molecule has 0 bridgehead atoms. The SMILES string of the molecule is CC(C)=C1C[C@H](OC(=O)Nc2ccccc2)[C@H](C)[C@@H](OC(=O)Nc2ccccc2)C1=O. The summed E-state index contributed by atoms with van der Waals surface area (Å²) in [7, 11) is 0. The number of rotatable bonds is 4. The Morgan fingerprint density at radius 1 is 0.839 bits per heavy atom. The molecule has 2 aromatic carbocycles. The first-order chi connectivity index (χ1) is 14.8. The van der Waals surface area contributed by atoms with Crippen LogP contribution in [0.25, 0.3) is 0 Å². The third-order valence-electron chi connectivity index (χ3n) is 5.16. The fourth-order valence-corrected chi connectivity index (χ4v) is 3.44. The molecule has 1 aliphatic carbocycles. The lowest BCUT2D eigenvalue weighted by Gasteiger charge is -2.35. The molecule has 0 unspecified atom stereocenters. The van der Waals surface area contributed by atoms with E-state index in [1.54, 1.807) is 55.5 Å². The number of para-hydroxylation sites is 2. The van der Waals surface area contributed by atoms with E-state index in [9.17, 15) is 14.4 Å². The van der Waals surface area contributed by atoms with Gasteiger partial charge < -0.3 is 9.47 Å². The number of ketones is 1.